The van der Waals surface area contributed by atoms with Gasteiger partial charge in [0.25, 0.3) is 11.5 Å². The molecule has 1 saturated heterocycles. The molecule has 0 bridgehead atoms. The first-order chi connectivity index (χ1) is 21.9. The van der Waals surface area contributed by atoms with Gasteiger partial charge in [0, 0.05) is 55.5 Å². The van der Waals surface area contributed by atoms with E-state index in [4.69, 9.17) is 4.74 Å². The second-order valence-corrected chi connectivity index (χ2v) is 10.4. The molecule has 4 aromatic heterocycles. The number of hydrogen-bond acceptors (Lipinski definition) is 7. The number of amides is 1. The Hall–Kier alpha value is -5.41. The number of rotatable bonds is 6. The predicted molar refractivity (Wildman–Crippen MR) is 153 cm³/mol. The maximum Gasteiger partial charge on any atom is 0.423 e. The van der Waals surface area contributed by atoms with Gasteiger partial charge in [-0.2, -0.15) is 31.4 Å². The van der Waals surface area contributed by atoms with Gasteiger partial charge in [0.1, 0.15) is 23.7 Å². The van der Waals surface area contributed by atoms with Gasteiger partial charge in [-0.3, -0.25) is 14.6 Å². The van der Waals surface area contributed by atoms with Crippen LogP contribution >= 0.6 is 0 Å². The van der Waals surface area contributed by atoms with E-state index in [1.165, 1.54) is 35.3 Å². The van der Waals surface area contributed by atoms with E-state index < -0.39 is 34.7 Å². The Kier molecular flexibility index (Phi) is 7.87. The monoisotopic (exact) mass is 643 g/mol. The van der Waals surface area contributed by atoms with E-state index in [-0.39, 0.29) is 36.9 Å². The molecular formula is C30H23F6N7O3. The van der Waals surface area contributed by atoms with Crippen molar-refractivity contribution in [3.63, 3.8) is 0 Å². The van der Waals surface area contributed by atoms with Crippen LogP contribution in [0.1, 0.15) is 27.2 Å². The molecule has 1 aliphatic heterocycles. The molecule has 1 aliphatic rings. The summed E-state index contributed by atoms with van der Waals surface area (Å²) in [7, 11) is 0. The van der Waals surface area contributed by atoms with Gasteiger partial charge in [-0.1, -0.05) is 24.3 Å². The zero-order valence-electron chi connectivity index (χ0n) is 23.6. The number of aromatic amines is 1. The van der Waals surface area contributed by atoms with Crippen molar-refractivity contribution in [1.29, 1.82) is 0 Å². The molecule has 1 amide bonds. The number of carbonyl (C=O) groups excluding carboxylic acids is 1. The van der Waals surface area contributed by atoms with Crippen molar-refractivity contribution in [1.82, 2.24) is 29.6 Å². The van der Waals surface area contributed by atoms with Crippen LogP contribution in [0, 0.1) is 0 Å². The standard InChI is InChI=1S/C30H23F6N7O3/c31-29(32,33)20-5-6-25(38-13-20)41-7-9-42(10-8-41)28(45)19-11-21(14-37-12-19)46-17-24-22-4-2-1-3-18(22)16-43(24)23-15-39-40-27(44)26(23)30(34,35)36/h1-6,11-16H,7-10,17H2,(H,40,44). The first-order valence-corrected chi connectivity index (χ1v) is 13.8. The summed E-state index contributed by atoms with van der Waals surface area (Å²) in [4.78, 5) is 36.8. The van der Waals surface area contributed by atoms with Crippen molar-refractivity contribution in [2.24, 2.45) is 0 Å². The minimum atomic E-state index is -4.96. The highest BCUT2D eigenvalue weighted by Crippen LogP contribution is 2.34. The number of halogens is 6. The Morgan fingerprint density at radius 3 is 2.37 bits per heavy atom. The number of ether oxygens (including phenoxy) is 1. The Morgan fingerprint density at radius 2 is 1.67 bits per heavy atom. The number of H-pyrrole nitrogens is 1. The summed E-state index contributed by atoms with van der Waals surface area (Å²) in [6.07, 6.45) is -3.59. The van der Waals surface area contributed by atoms with E-state index in [1.807, 2.05) is 5.10 Å². The topological polar surface area (TPSA) is 109 Å². The summed E-state index contributed by atoms with van der Waals surface area (Å²) in [6.45, 7) is 0.995. The van der Waals surface area contributed by atoms with Gasteiger partial charge < -0.3 is 19.1 Å². The highest BCUT2D eigenvalue weighted by atomic mass is 19.4. The molecule has 0 atom stereocenters. The van der Waals surface area contributed by atoms with Gasteiger partial charge in [-0.05, 0) is 18.2 Å². The van der Waals surface area contributed by atoms with Crippen molar-refractivity contribution < 1.29 is 35.9 Å². The molecule has 238 valence electrons. The molecule has 5 aromatic rings. The molecule has 6 rings (SSSR count). The molecular weight excluding hydrogens is 620 g/mol. The summed E-state index contributed by atoms with van der Waals surface area (Å²) >= 11 is 0. The van der Waals surface area contributed by atoms with Gasteiger partial charge in [-0.15, -0.1) is 0 Å². The third-order valence-corrected chi connectivity index (χ3v) is 7.51. The largest absolute Gasteiger partial charge is 0.486 e. The quantitative estimate of drug-likeness (QED) is 0.257. The lowest BCUT2D eigenvalue weighted by Gasteiger charge is -2.35. The van der Waals surface area contributed by atoms with E-state index >= 15 is 0 Å². The molecule has 1 N–H and O–H groups in total. The molecule has 5 heterocycles. The Labute approximate surface area is 255 Å². The summed E-state index contributed by atoms with van der Waals surface area (Å²) in [5.41, 5.74) is -3.61. The van der Waals surface area contributed by atoms with Crippen LogP contribution in [0.5, 0.6) is 5.75 Å². The smallest absolute Gasteiger partial charge is 0.423 e. The molecule has 46 heavy (non-hydrogen) atoms. The number of anilines is 1. The maximum atomic E-state index is 13.9. The van der Waals surface area contributed by atoms with Crippen LogP contribution < -0.4 is 15.2 Å². The third kappa shape index (κ3) is 6.09. The first kappa shape index (κ1) is 30.6. The minimum absolute atomic E-state index is 0.176. The van der Waals surface area contributed by atoms with E-state index in [9.17, 15) is 35.9 Å². The fraction of sp³-hybridized carbons (Fsp3) is 0.233. The van der Waals surface area contributed by atoms with Crippen LogP contribution in [-0.4, -0.2) is 61.7 Å². The van der Waals surface area contributed by atoms with Gasteiger partial charge >= 0.3 is 12.4 Å². The SMILES string of the molecule is O=C(c1cncc(OCc2c3ccccc3cn2-c2cn[nH]c(=O)c2C(F)(F)F)c1)N1CCN(c2ccc(C(F)(F)F)cn2)CC1. The van der Waals surface area contributed by atoms with Crippen LogP contribution in [0.15, 0.2) is 78.2 Å². The van der Waals surface area contributed by atoms with Crippen molar-refractivity contribution in [3.8, 4) is 11.4 Å². The van der Waals surface area contributed by atoms with Gasteiger partial charge in [0.05, 0.1) is 34.9 Å². The lowest BCUT2D eigenvalue weighted by atomic mass is 10.2. The van der Waals surface area contributed by atoms with Crippen LogP contribution in [0.3, 0.4) is 0 Å². The summed E-state index contributed by atoms with van der Waals surface area (Å²) in [5, 5.41) is 6.59. The van der Waals surface area contributed by atoms with E-state index in [2.05, 4.69) is 15.1 Å². The number of nitrogens with zero attached hydrogens (tertiary/aromatic N) is 6. The molecule has 0 aliphatic carbocycles. The number of piperazine rings is 1. The van der Waals surface area contributed by atoms with Gasteiger partial charge in [0.15, 0.2) is 0 Å². The number of fused-ring (bicyclic) bond motifs is 1. The molecule has 0 spiro atoms. The summed E-state index contributed by atoms with van der Waals surface area (Å²) < 4.78 is 87.4. The Morgan fingerprint density at radius 1 is 0.913 bits per heavy atom. The predicted octanol–water partition coefficient (Wildman–Crippen LogP) is 5.08. The summed E-state index contributed by atoms with van der Waals surface area (Å²) in [6, 6.07) is 10.6. The second-order valence-electron chi connectivity index (χ2n) is 10.4. The zero-order valence-corrected chi connectivity index (χ0v) is 23.6. The van der Waals surface area contributed by atoms with E-state index in [1.54, 1.807) is 34.1 Å². The van der Waals surface area contributed by atoms with Crippen molar-refractivity contribution >= 4 is 22.5 Å². The zero-order chi connectivity index (χ0) is 32.6. The van der Waals surface area contributed by atoms with Crippen LogP contribution in [0.2, 0.25) is 0 Å². The Balaban J connectivity index is 1.18. The van der Waals surface area contributed by atoms with Crippen molar-refractivity contribution in [2.45, 2.75) is 19.0 Å². The third-order valence-electron chi connectivity index (χ3n) is 7.51. The van der Waals surface area contributed by atoms with Gasteiger partial charge in [-0.25, -0.2) is 10.1 Å². The summed E-state index contributed by atoms with van der Waals surface area (Å²) in [5.74, 6) is 0.194. The van der Waals surface area contributed by atoms with Crippen molar-refractivity contribution in [3.05, 3.63) is 106 Å². The molecule has 1 aromatic carbocycles. The number of alkyl halides is 6. The lowest BCUT2D eigenvalue weighted by molar-refractivity contribution is -0.139. The fourth-order valence-electron chi connectivity index (χ4n) is 5.26. The van der Waals surface area contributed by atoms with E-state index in [0.29, 0.717) is 35.4 Å². The van der Waals surface area contributed by atoms with Crippen LogP contribution in [-0.2, 0) is 19.0 Å². The van der Waals surface area contributed by atoms with Gasteiger partial charge in [0.2, 0.25) is 0 Å². The highest BCUT2D eigenvalue weighted by molar-refractivity contribution is 5.94. The highest BCUT2D eigenvalue weighted by Gasteiger charge is 2.38. The molecule has 10 nitrogen and oxygen atoms in total. The molecule has 0 saturated carbocycles. The molecule has 1 fully saturated rings. The molecule has 16 heteroatoms. The number of pyridine rings is 2. The average Bonchev–Trinajstić information content (AvgIpc) is 3.41. The minimum Gasteiger partial charge on any atom is -0.486 e. The first-order valence-electron chi connectivity index (χ1n) is 13.8. The van der Waals surface area contributed by atoms with Crippen molar-refractivity contribution in [2.75, 3.05) is 31.1 Å². The maximum absolute atomic E-state index is 13.9. The Bertz CT molecular complexity index is 1950. The number of nitrogens with one attached hydrogen (secondary N) is 1. The number of benzene rings is 1. The number of aromatic nitrogens is 5. The number of hydrogen-bond donors (Lipinski definition) is 1. The second kappa shape index (κ2) is 11.8. The fourth-order valence-corrected chi connectivity index (χ4v) is 5.26. The average molecular weight is 644 g/mol. The van der Waals surface area contributed by atoms with Crippen LogP contribution in [0.25, 0.3) is 16.5 Å². The molecule has 0 unspecified atom stereocenters. The van der Waals surface area contributed by atoms with E-state index in [0.717, 1.165) is 18.5 Å². The molecule has 0 radical (unpaired) electrons. The van der Waals surface area contributed by atoms with Crippen LogP contribution in [0.4, 0.5) is 32.2 Å². The normalized spacial score (nSPS) is 14.1. The number of carbonyl (C=O) groups is 1. The lowest BCUT2D eigenvalue weighted by Crippen LogP contribution is -2.49.